The Kier molecular flexibility index (Phi) is 11.0. The predicted octanol–water partition coefficient (Wildman–Crippen LogP) is 3.33. The molecular formula is C30H38N4O10S3. The van der Waals surface area contributed by atoms with Crippen LogP contribution in [0.1, 0.15) is 73.0 Å². The molecule has 1 unspecified atom stereocenters. The van der Waals surface area contributed by atoms with Gasteiger partial charge < -0.3 is 20.6 Å². The van der Waals surface area contributed by atoms with E-state index in [-0.39, 0.29) is 29.3 Å². The number of anilines is 1. The van der Waals surface area contributed by atoms with Crippen LogP contribution in [-0.2, 0) is 30.4 Å². The van der Waals surface area contributed by atoms with Crippen LogP contribution in [-0.4, -0.2) is 91.0 Å². The number of nitrogens with zero attached hydrogens (tertiary/aromatic N) is 2. The number of carboxylic acids is 1. The first-order valence-corrected chi connectivity index (χ1v) is 19.0. The van der Waals surface area contributed by atoms with Gasteiger partial charge in [-0.25, -0.2) is 4.98 Å². The van der Waals surface area contributed by atoms with Crippen LogP contribution < -0.4 is 15.5 Å². The number of rotatable bonds is 15. The Hall–Kier alpha value is -3.64. The van der Waals surface area contributed by atoms with E-state index >= 15 is 0 Å². The number of hydrogen-bond donors (Lipinski definition) is 5. The number of carbonyl (C=O) groups excluding carboxylic acids is 2. The van der Waals surface area contributed by atoms with E-state index < -0.39 is 62.6 Å². The van der Waals surface area contributed by atoms with Gasteiger partial charge in [0.15, 0.2) is 0 Å². The summed E-state index contributed by atoms with van der Waals surface area (Å²) in [6, 6.07) is 7.10. The number of amides is 2. The van der Waals surface area contributed by atoms with Gasteiger partial charge in [0.1, 0.15) is 11.4 Å². The monoisotopic (exact) mass is 710 g/mol. The normalized spacial score (nSPS) is 15.9. The smallest absolute Gasteiger partial charge is 0.303 e. The van der Waals surface area contributed by atoms with Crippen LogP contribution in [0.5, 0.6) is 0 Å². The molecule has 0 spiro atoms. The molecule has 3 aromatic rings. The van der Waals surface area contributed by atoms with Crippen LogP contribution in [0.15, 0.2) is 29.6 Å². The zero-order valence-corrected chi connectivity index (χ0v) is 28.6. The summed E-state index contributed by atoms with van der Waals surface area (Å²) in [7, 11) is -8.70. The SMILES string of the molecule is CC1N(CCCCCC(=O)O)c2c(cc(-c3cc(C(=O)NCCS(=O)(=O)O)nc(C(=O)NCCS(=O)(=O)O)c3)c3sccc23)C1(C)C. The molecule has 1 aliphatic heterocycles. The Morgan fingerprint density at radius 1 is 0.936 bits per heavy atom. The van der Waals surface area contributed by atoms with Crippen molar-refractivity contribution in [2.75, 3.05) is 36.0 Å². The lowest BCUT2D eigenvalue weighted by Crippen LogP contribution is -2.39. The molecule has 17 heteroatoms. The number of carboxylic acid groups (broad SMARTS) is 1. The molecule has 0 aliphatic carbocycles. The van der Waals surface area contributed by atoms with Crippen molar-refractivity contribution in [1.82, 2.24) is 15.6 Å². The fourth-order valence-electron chi connectivity index (χ4n) is 5.68. The molecule has 47 heavy (non-hydrogen) atoms. The molecule has 1 aliphatic rings. The topological polar surface area (TPSA) is 220 Å². The van der Waals surface area contributed by atoms with Gasteiger partial charge in [-0.2, -0.15) is 16.8 Å². The molecule has 0 radical (unpaired) electrons. The molecule has 5 N–H and O–H groups in total. The second-order valence-corrected chi connectivity index (χ2v) is 16.0. The summed E-state index contributed by atoms with van der Waals surface area (Å²) >= 11 is 1.47. The standard InChI is InChI=1S/C30H38N4O10S3/c1-18-30(2,3)22-17-21(27-20(8-12-45-27)26(22)34(18)11-6-4-5-7-25(35)36)19-15-23(28(37)31-9-13-46(39,40)41)33-24(16-19)29(38)32-10-14-47(42,43)44/h8,12,15-18H,4-7,9-11,13-14H2,1-3H3,(H,31,37)(H,32,38)(H,35,36)(H,39,40,41)(H,42,43,44). The van der Waals surface area contributed by atoms with Crippen LogP contribution in [0.2, 0.25) is 0 Å². The minimum atomic E-state index is -4.35. The van der Waals surface area contributed by atoms with Crippen molar-refractivity contribution in [1.29, 1.82) is 0 Å². The number of pyridine rings is 1. The maximum Gasteiger partial charge on any atom is 0.303 e. The highest BCUT2D eigenvalue weighted by Gasteiger charge is 2.43. The Labute approximate surface area is 277 Å². The van der Waals surface area contributed by atoms with Gasteiger partial charge in [0.2, 0.25) is 0 Å². The number of benzene rings is 1. The number of thiophene rings is 1. The zero-order valence-electron chi connectivity index (χ0n) is 26.1. The van der Waals surface area contributed by atoms with E-state index in [2.05, 4.69) is 41.3 Å². The van der Waals surface area contributed by atoms with Crippen LogP contribution in [0, 0.1) is 0 Å². The van der Waals surface area contributed by atoms with Crippen molar-refractivity contribution in [3.05, 3.63) is 46.6 Å². The highest BCUT2D eigenvalue weighted by molar-refractivity contribution is 7.86. The highest BCUT2D eigenvalue weighted by Crippen LogP contribution is 2.52. The van der Waals surface area contributed by atoms with Crippen molar-refractivity contribution < 1.29 is 45.4 Å². The molecule has 256 valence electrons. The van der Waals surface area contributed by atoms with Crippen molar-refractivity contribution in [3.63, 3.8) is 0 Å². The largest absolute Gasteiger partial charge is 0.481 e. The first-order valence-electron chi connectivity index (χ1n) is 14.9. The summed E-state index contributed by atoms with van der Waals surface area (Å²) in [5, 5.41) is 16.7. The maximum absolute atomic E-state index is 13.1. The summed E-state index contributed by atoms with van der Waals surface area (Å²) < 4.78 is 63.6. The predicted molar refractivity (Wildman–Crippen MR) is 178 cm³/mol. The van der Waals surface area contributed by atoms with Crippen LogP contribution in [0.4, 0.5) is 5.69 Å². The molecule has 0 fully saturated rings. The molecular weight excluding hydrogens is 673 g/mol. The third-order valence-corrected chi connectivity index (χ3v) is 10.8. The number of fused-ring (bicyclic) bond motifs is 3. The van der Waals surface area contributed by atoms with E-state index in [1.165, 1.54) is 23.5 Å². The summed E-state index contributed by atoms with van der Waals surface area (Å²) in [5.74, 6) is -3.87. The average Bonchev–Trinajstić information content (AvgIpc) is 3.52. The lowest BCUT2D eigenvalue weighted by atomic mass is 9.80. The van der Waals surface area contributed by atoms with Gasteiger partial charge in [-0.05, 0) is 60.5 Å². The zero-order chi connectivity index (χ0) is 34.7. The van der Waals surface area contributed by atoms with E-state index in [0.29, 0.717) is 12.0 Å². The summed E-state index contributed by atoms with van der Waals surface area (Å²) in [5.41, 5.74) is 2.56. The quantitative estimate of drug-likeness (QED) is 0.113. The van der Waals surface area contributed by atoms with Gasteiger partial charge in [-0.1, -0.05) is 20.3 Å². The Bertz CT molecular complexity index is 1840. The summed E-state index contributed by atoms with van der Waals surface area (Å²) in [6.45, 7) is 6.33. The molecule has 14 nitrogen and oxygen atoms in total. The number of hydrogen-bond acceptors (Lipinski definition) is 10. The third-order valence-electron chi connectivity index (χ3n) is 8.38. The van der Waals surface area contributed by atoms with E-state index in [4.69, 9.17) is 14.2 Å². The van der Waals surface area contributed by atoms with Gasteiger partial charge in [-0.15, -0.1) is 11.3 Å². The second-order valence-electron chi connectivity index (χ2n) is 12.0. The molecule has 2 amide bonds. The lowest BCUT2D eigenvalue weighted by molar-refractivity contribution is -0.137. The Morgan fingerprint density at radius 2 is 1.51 bits per heavy atom. The second kappa shape index (κ2) is 14.2. The molecule has 2 aromatic heterocycles. The minimum absolute atomic E-state index is 0.0982. The molecule has 1 aromatic carbocycles. The molecule has 0 bridgehead atoms. The third kappa shape index (κ3) is 8.84. The van der Waals surface area contributed by atoms with Gasteiger partial charge >= 0.3 is 5.97 Å². The number of aromatic nitrogens is 1. The number of carbonyl (C=O) groups is 3. The lowest BCUT2D eigenvalue weighted by Gasteiger charge is -2.31. The molecule has 1 atom stereocenters. The number of aliphatic carboxylic acids is 1. The summed E-state index contributed by atoms with van der Waals surface area (Å²) in [4.78, 5) is 43.6. The van der Waals surface area contributed by atoms with Gasteiger partial charge in [0.05, 0.1) is 11.5 Å². The van der Waals surface area contributed by atoms with E-state index in [1.807, 2.05) is 17.5 Å². The molecule has 0 saturated carbocycles. The maximum atomic E-state index is 13.1. The van der Waals surface area contributed by atoms with Crippen LogP contribution >= 0.6 is 11.3 Å². The first kappa shape index (κ1) is 36.2. The van der Waals surface area contributed by atoms with Gasteiger partial charge in [-0.3, -0.25) is 23.5 Å². The Morgan fingerprint density at radius 3 is 2.04 bits per heavy atom. The fourth-order valence-corrected chi connectivity index (χ4v) is 7.33. The number of unbranched alkanes of at least 4 members (excludes halogenated alkanes) is 2. The van der Waals surface area contributed by atoms with Crippen molar-refractivity contribution in [2.24, 2.45) is 0 Å². The van der Waals surface area contributed by atoms with Gasteiger partial charge in [0.25, 0.3) is 32.1 Å². The molecule has 4 rings (SSSR count). The molecule has 3 heterocycles. The highest BCUT2D eigenvalue weighted by atomic mass is 32.2. The summed E-state index contributed by atoms with van der Waals surface area (Å²) in [6.07, 6.45) is 2.32. The van der Waals surface area contributed by atoms with Crippen molar-refractivity contribution in [3.8, 4) is 11.1 Å². The fraction of sp³-hybridized carbons (Fsp3) is 0.467. The van der Waals surface area contributed by atoms with E-state index in [9.17, 15) is 31.2 Å². The van der Waals surface area contributed by atoms with Crippen molar-refractivity contribution >= 4 is 65.1 Å². The van der Waals surface area contributed by atoms with Crippen LogP contribution in [0.25, 0.3) is 21.2 Å². The average molecular weight is 711 g/mol. The minimum Gasteiger partial charge on any atom is -0.481 e. The van der Waals surface area contributed by atoms with E-state index in [1.54, 1.807) is 0 Å². The number of nitrogens with one attached hydrogen (secondary N) is 2. The van der Waals surface area contributed by atoms with Crippen molar-refractivity contribution in [2.45, 2.75) is 57.9 Å². The molecule has 0 saturated heterocycles. The van der Waals surface area contributed by atoms with Gasteiger partial charge in [0, 0.05) is 58.8 Å². The Balaban J connectivity index is 1.77. The van der Waals surface area contributed by atoms with E-state index in [0.717, 1.165) is 46.3 Å². The van der Waals surface area contributed by atoms with Crippen LogP contribution in [0.3, 0.4) is 0 Å². The first-order chi connectivity index (χ1) is 21.9.